The zero-order valence-electron chi connectivity index (χ0n) is 14.7. The lowest BCUT2D eigenvalue weighted by atomic mass is 10.0. The molecule has 0 fully saturated rings. The second-order valence-corrected chi connectivity index (χ2v) is 7.53. The molecule has 0 saturated carbocycles. The average molecular weight is 356 g/mol. The molecule has 0 saturated heterocycles. The van der Waals surface area contributed by atoms with Crippen molar-refractivity contribution >= 4 is 11.8 Å². The molecular weight excluding hydrogens is 336 g/mol. The fraction of sp³-hybridized carbons (Fsp3) is 0.316. The summed E-state index contributed by atoms with van der Waals surface area (Å²) in [6.07, 6.45) is 0. The van der Waals surface area contributed by atoms with Crippen molar-refractivity contribution in [2.75, 3.05) is 5.75 Å². The number of thioether (sulfide) groups is 1. The maximum absolute atomic E-state index is 13.0. The minimum atomic E-state index is -0.558. The Morgan fingerprint density at radius 1 is 1.00 bits per heavy atom. The molecular formula is C19H20N2O3S. The van der Waals surface area contributed by atoms with Crippen LogP contribution in [0.2, 0.25) is 0 Å². The third-order valence-corrected chi connectivity index (χ3v) is 5.74. The second-order valence-electron chi connectivity index (χ2n) is 6.50. The molecule has 0 aliphatic rings. The van der Waals surface area contributed by atoms with Crippen molar-refractivity contribution in [1.29, 1.82) is 0 Å². The summed E-state index contributed by atoms with van der Waals surface area (Å²) in [6.45, 7) is 5.90. The first-order valence-electron chi connectivity index (χ1n) is 8.15. The molecule has 5 nitrogen and oxygen atoms in total. The fourth-order valence-corrected chi connectivity index (χ4v) is 3.90. The maximum Gasteiger partial charge on any atom is 0.279 e. The number of hydrogen-bond acceptors (Lipinski definition) is 4. The van der Waals surface area contributed by atoms with E-state index in [4.69, 9.17) is 0 Å². The van der Waals surface area contributed by atoms with E-state index in [2.05, 4.69) is 0 Å². The number of hydrogen-bond donors (Lipinski definition) is 0. The molecule has 2 aromatic carbocycles. The highest BCUT2D eigenvalue weighted by Gasteiger charge is 2.29. The van der Waals surface area contributed by atoms with Crippen LogP contribution in [0.5, 0.6) is 0 Å². The van der Waals surface area contributed by atoms with E-state index in [0.29, 0.717) is 22.1 Å². The van der Waals surface area contributed by atoms with Gasteiger partial charge < -0.3 is 0 Å². The lowest BCUT2D eigenvalue weighted by Crippen LogP contribution is -2.36. The molecule has 130 valence electrons. The van der Waals surface area contributed by atoms with Gasteiger partial charge in [0.15, 0.2) is 0 Å². The van der Waals surface area contributed by atoms with Crippen molar-refractivity contribution in [3.05, 3.63) is 66.8 Å². The van der Waals surface area contributed by atoms with Crippen LogP contribution in [0.1, 0.15) is 19.5 Å². The summed E-state index contributed by atoms with van der Waals surface area (Å²) in [5, 5.41) is 0. The van der Waals surface area contributed by atoms with E-state index >= 15 is 0 Å². The Hall–Kier alpha value is -2.34. The van der Waals surface area contributed by atoms with Gasteiger partial charge in [0.05, 0.1) is 21.7 Å². The van der Waals surface area contributed by atoms with Gasteiger partial charge in [0.1, 0.15) is 0 Å². The number of rotatable bonds is 5. The topological polar surface area (TPSA) is 61.1 Å². The highest BCUT2D eigenvalue weighted by molar-refractivity contribution is 7.99. The Morgan fingerprint density at radius 2 is 1.64 bits per heavy atom. The molecule has 0 spiro atoms. The first-order chi connectivity index (χ1) is 11.8. The van der Waals surface area contributed by atoms with Crippen molar-refractivity contribution in [2.45, 2.75) is 25.7 Å². The quantitative estimate of drug-likeness (QED) is 0.521. The van der Waals surface area contributed by atoms with Gasteiger partial charge in [-0.15, -0.1) is 11.8 Å². The largest absolute Gasteiger partial charge is 0.285 e. The average Bonchev–Trinajstić information content (AvgIpc) is 2.81. The van der Waals surface area contributed by atoms with Crippen LogP contribution in [0.15, 0.2) is 49.6 Å². The van der Waals surface area contributed by atoms with E-state index < -0.39 is 10.9 Å². The normalized spacial score (nSPS) is 11.6. The molecule has 3 aromatic rings. The SMILES string of the molecule is Cc1c(-c2c(SCC(C)C)c(=O)c2=O)c(=O)n(-c2ccccc2)n1C. The van der Waals surface area contributed by atoms with Crippen LogP contribution in [0.3, 0.4) is 0 Å². The highest BCUT2D eigenvalue weighted by Crippen LogP contribution is 2.29. The smallest absolute Gasteiger partial charge is 0.279 e. The molecule has 0 atom stereocenters. The zero-order chi connectivity index (χ0) is 18.3. The number of benzene rings is 1. The van der Waals surface area contributed by atoms with Gasteiger partial charge in [-0.2, -0.15) is 0 Å². The second kappa shape index (κ2) is 6.52. The van der Waals surface area contributed by atoms with E-state index in [1.807, 2.05) is 44.2 Å². The van der Waals surface area contributed by atoms with Crippen LogP contribution in [0.4, 0.5) is 0 Å². The number of aromatic nitrogens is 2. The van der Waals surface area contributed by atoms with Crippen LogP contribution in [-0.2, 0) is 7.05 Å². The Bertz CT molecular complexity index is 1050. The molecule has 0 amide bonds. The van der Waals surface area contributed by atoms with Crippen molar-refractivity contribution < 1.29 is 0 Å². The lowest BCUT2D eigenvalue weighted by molar-refractivity contribution is 0.630. The van der Waals surface area contributed by atoms with Gasteiger partial charge >= 0.3 is 0 Å². The van der Waals surface area contributed by atoms with Crippen LogP contribution < -0.4 is 16.4 Å². The van der Waals surface area contributed by atoms with Crippen molar-refractivity contribution in [1.82, 2.24) is 9.36 Å². The molecule has 0 aliphatic carbocycles. The van der Waals surface area contributed by atoms with Crippen LogP contribution in [0, 0.1) is 12.8 Å². The summed E-state index contributed by atoms with van der Waals surface area (Å²) >= 11 is 1.37. The highest BCUT2D eigenvalue weighted by atomic mass is 32.2. The molecule has 0 aliphatic heterocycles. The monoisotopic (exact) mass is 356 g/mol. The van der Waals surface area contributed by atoms with Gasteiger partial charge in [-0.05, 0) is 25.0 Å². The van der Waals surface area contributed by atoms with Gasteiger partial charge in [0.25, 0.3) is 5.56 Å². The van der Waals surface area contributed by atoms with Crippen molar-refractivity contribution in [3.63, 3.8) is 0 Å². The molecule has 0 unspecified atom stereocenters. The minimum absolute atomic E-state index is 0.273. The Morgan fingerprint density at radius 3 is 2.24 bits per heavy atom. The molecule has 0 bridgehead atoms. The van der Waals surface area contributed by atoms with Crippen molar-refractivity contribution in [2.24, 2.45) is 13.0 Å². The van der Waals surface area contributed by atoms with Crippen LogP contribution in [-0.4, -0.2) is 15.1 Å². The first-order valence-corrected chi connectivity index (χ1v) is 9.13. The summed E-state index contributed by atoms with van der Waals surface area (Å²) in [7, 11) is 1.78. The van der Waals surface area contributed by atoms with E-state index in [1.54, 1.807) is 18.7 Å². The molecule has 25 heavy (non-hydrogen) atoms. The maximum atomic E-state index is 13.0. The van der Waals surface area contributed by atoms with E-state index in [9.17, 15) is 14.4 Å². The standard InChI is InChI=1S/C19H20N2O3S/c1-11(2)10-25-18-15(16(22)17(18)23)14-12(3)20(4)21(19(14)24)13-8-6-5-7-9-13/h5-9,11H,10H2,1-4H3. The summed E-state index contributed by atoms with van der Waals surface area (Å²) in [5.74, 6) is 1.12. The molecule has 0 N–H and O–H groups in total. The molecule has 0 radical (unpaired) electrons. The number of nitrogens with zero attached hydrogens (tertiary/aromatic N) is 2. The summed E-state index contributed by atoms with van der Waals surface area (Å²) in [6, 6.07) is 9.25. The van der Waals surface area contributed by atoms with E-state index in [1.165, 1.54) is 16.4 Å². The molecule has 1 aromatic heterocycles. The van der Waals surface area contributed by atoms with Crippen LogP contribution in [0.25, 0.3) is 16.8 Å². The predicted octanol–water partition coefficient (Wildman–Crippen LogP) is 2.50. The first kappa shape index (κ1) is 17.5. The third kappa shape index (κ3) is 2.80. The summed E-state index contributed by atoms with van der Waals surface area (Å²) in [4.78, 5) is 37.6. The summed E-state index contributed by atoms with van der Waals surface area (Å²) < 4.78 is 3.25. The Kier molecular flexibility index (Phi) is 4.56. The van der Waals surface area contributed by atoms with Gasteiger partial charge in [-0.3, -0.25) is 19.1 Å². The van der Waals surface area contributed by atoms with E-state index in [-0.39, 0.29) is 11.1 Å². The summed E-state index contributed by atoms with van der Waals surface area (Å²) in [5.41, 5.74) is 0.703. The third-order valence-electron chi connectivity index (χ3n) is 4.23. The number of para-hydroxylation sites is 1. The van der Waals surface area contributed by atoms with Gasteiger partial charge in [0, 0.05) is 18.5 Å². The molecule has 1 heterocycles. The predicted molar refractivity (Wildman–Crippen MR) is 102 cm³/mol. The zero-order valence-corrected chi connectivity index (χ0v) is 15.5. The lowest BCUT2D eigenvalue weighted by Gasteiger charge is -2.11. The van der Waals surface area contributed by atoms with Gasteiger partial charge in [0.2, 0.25) is 10.9 Å². The van der Waals surface area contributed by atoms with Gasteiger partial charge in [-0.25, -0.2) is 4.68 Å². The van der Waals surface area contributed by atoms with Gasteiger partial charge in [-0.1, -0.05) is 32.0 Å². The Labute approximate surface area is 149 Å². The van der Waals surface area contributed by atoms with E-state index in [0.717, 1.165) is 11.4 Å². The molecule has 6 heteroatoms. The van der Waals surface area contributed by atoms with Crippen molar-refractivity contribution in [3.8, 4) is 16.8 Å². The van der Waals surface area contributed by atoms with Crippen LogP contribution >= 0.6 is 11.8 Å². The fourth-order valence-electron chi connectivity index (χ4n) is 2.84. The Balaban J connectivity index is 2.18. The molecule has 3 rings (SSSR count). The minimum Gasteiger partial charge on any atom is -0.285 e.